The summed E-state index contributed by atoms with van der Waals surface area (Å²) in [5.41, 5.74) is 1.74. The van der Waals surface area contributed by atoms with Gasteiger partial charge in [-0.2, -0.15) is 0 Å². The number of ether oxygens (including phenoxy) is 1. The summed E-state index contributed by atoms with van der Waals surface area (Å²) < 4.78 is 5.63. The molecule has 1 amide bonds. The Kier molecular flexibility index (Phi) is 2.78. The molecule has 2 aliphatic rings. The number of nitrogens with zero attached hydrogens (tertiary/aromatic N) is 1. The molecule has 0 bridgehead atoms. The molecule has 2 aliphatic heterocycles. The van der Waals surface area contributed by atoms with Crippen molar-refractivity contribution in [3.8, 4) is 5.75 Å². The summed E-state index contributed by atoms with van der Waals surface area (Å²) in [6.45, 7) is 5.97. The average Bonchev–Trinajstić information content (AvgIpc) is 2.93. The molecule has 19 heavy (non-hydrogen) atoms. The van der Waals surface area contributed by atoms with E-state index < -0.39 is 0 Å². The summed E-state index contributed by atoms with van der Waals surface area (Å²) in [4.78, 5) is 14.1. The molecule has 1 aromatic carbocycles. The number of likely N-dealkylation sites (tertiary alicyclic amines) is 1. The lowest BCUT2D eigenvalue weighted by Crippen LogP contribution is -2.29. The predicted molar refractivity (Wildman–Crippen MR) is 71.5 cm³/mol. The van der Waals surface area contributed by atoms with Crippen LogP contribution in [0.25, 0.3) is 0 Å². The van der Waals surface area contributed by atoms with E-state index in [2.05, 4.69) is 13.8 Å². The Balaban J connectivity index is 1.89. The first-order valence-corrected chi connectivity index (χ1v) is 6.72. The molecule has 0 aliphatic carbocycles. The fourth-order valence-corrected chi connectivity index (χ4v) is 2.76. The molecule has 4 heteroatoms. The van der Waals surface area contributed by atoms with Crippen LogP contribution in [0.5, 0.6) is 5.75 Å². The standard InChI is InChI=1S/C15H19NO3/c1-15(2)9-19-13-4-3-10(7-12(13)15)14(18)16-6-5-11(17)8-16/h3-4,7,11,17H,5-6,8-9H2,1-2H3/t11-/m1/s1. The summed E-state index contributed by atoms with van der Waals surface area (Å²) in [7, 11) is 0. The molecule has 4 nitrogen and oxygen atoms in total. The molecular weight excluding hydrogens is 242 g/mol. The first kappa shape index (κ1) is 12.5. The molecule has 2 heterocycles. The minimum atomic E-state index is -0.377. The third-order valence-electron chi connectivity index (χ3n) is 3.99. The highest BCUT2D eigenvalue weighted by atomic mass is 16.5. The van der Waals surface area contributed by atoms with Crippen molar-refractivity contribution in [2.45, 2.75) is 31.8 Å². The molecular formula is C15H19NO3. The smallest absolute Gasteiger partial charge is 0.253 e. The molecule has 0 unspecified atom stereocenters. The van der Waals surface area contributed by atoms with E-state index in [0.29, 0.717) is 31.7 Å². The molecule has 1 N–H and O–H groups in total. The molecule has 0 saturated carbocycles. The van der Waals surface area contributed by atoms with Gasteiger partial charge in [0, 0.05) is 29.6 Å². The Morgan fingerprint density at radius 1 is 1.47 bits per heavy atom. The van der Waals surface area contributed by atoms with Crippen molar-refractivity contribution >= 4 is 5.91 Å². The number of aliphatic hydroxyl groups excluding tert-OH is 1. The maximum absolute atomic E-state index is 12.4. The number of aliphatic hydroxyl groups is 1. The van der Waals surface area contributed by atoms with Crippen molar-refractivity contribution in [1.82, 2.24) is 4.90 Å². The minimum Gasteiger partial charge on any atom is -0.492 e. The quantitative estimate of drug-likeness (QED) is 0.834. The van der Waals surface area contributed by atoms with Gasteiger partial charge in [-0.25, -0.2) is 0 Å². The van der Waals surface area contributed by atoms with Crippen LogP contribution in [0, 0.1) is 0 Å². The lowest BCUT2D eigenvalue weighted by atomic mass is 9.86. The van der Waals surface area contributed by atoms with Gasteiger partial charge in [0.1, 0.15) is 5.75 Å². The number of rotatable bonds is 1. The number of amides is 1. The fraction of sp³-hybridized carbons (Fsp3) is 0.533. The van der Waals surface area contributed by atoms with E-state index in [4.69, 9.17) is 4.74 Å². The Bertz CT molecular complexity index is 524. The zero-order valence-corrected chi connectivity index (χ0v) is 11.3. The van der Waals surface area contributed by atoms with Gasteiger partial charge in [0.25, 0.3) is 5.91 Å². The molecule has 0 spiro atoms. The van der Waals surface area contributed by atoms with Crippen LogP contribution in [-0.4, -0.2) is 41.7 Å². The number of hydrogen-bond acceptors (Lipinski definition) is 3. The Labute approximate surface area is 113 Å². The van der Waals surface area contributed by atoms with Gasteiger partial charge in [-0.3, -0.25) is 4.79 Å². The molecule has 3 rings (SSSR count). The van der Waals surface area contributed by atoms with Gasteiger partial charge >= 0.3 is 0 Å². The molecule has 0 radical (unpaired) electrons. The van der Waals surface area contributed by atoms with E-state index >= 15 is 0 Å². The second kappa shape index (κ2) is 4.23. The molecule has 1 saturated heterocycles. The summed E-state index contributed by atoms with van der Waals surface area (Å²) in [6.07, 6.45) is 0.295. The highest BCUT2D eigenvalue weighted by molar-refractivity contribution is 5.95. The van der Waals surface area contributed by atoms with Gasteiger partial charge in [0.05, 0.1) is 12.7 Å². The van der Waals surface area contributed by atoms with Gasteiger partial charge in [0.2, 0.25) is 0 Å². The normalized spacial score (nSPS) is 24.2. The van der Waals surface area contributed by atoms with Crippen molar-refractivity contribution in [3.63, 3.8) is 0 Å². The van der Waals surface area contributed by atoms with Crippen LogP contribution in [0.4, 0.5) is 0 Å². The van der Waals surface area contributed by atoms with Crippen LogP contribution >= 0.6 is 0 Å². The lowest BCUT2D eigenvalue weighted by Gasteiger charge is -2.18. The van der Waals surface area contributed by atoms with Crippen LogP contribution in [0.15, 0.2) is 18.2 Å². The predicted octanol–water partition coefficient (Wildman–Crippen LogP) is 1.56. The fourth-order valence-electron chi connectivity index (χ4n) is 2.76. The highest BCUT2D eigenvalue weighted by Gasteiger charge is 2.33. The van der Waals surface area contributed by atoms with E-state index in [1.54, 1.807) is 4.90 Å². The first-order valence-electron chi connectivity index (χ1n) is 6.72. The summed E-state index contributed by atoms with van der Waals surface area (Å²) in [6, 6.07) is 5.63. The third kappa shape index (κ3) is 2.10. The van der Waals surface area contributed by atoms with Gasteiger partial charge in [-0.15, -0.1) is 0 Å². The van der Waals surface area contributed by atoms with Crippen molar-refractivity contribution in [1.29, 1.82) is 0 Å². The topological polar surface area (TPSA) is 49.8 Å². The van der Waals surface area contributed by atoms with Crippen LogP contribution in [0.3, 0.4) is 0 Å². The van der Waals surface area contributed by atoms with Crippen molar-refractivity contribution < 1.29 is 14.6 Å². The first-order chi connectivity index (χ1) is 8.97. The number of hydrogen-bond donors (Lipinski definition) is 1. The van der Waals surface area contributed by atoms with Crippen LogP contribution in [-0.2, 0) is 5.41 Å². The largest absolute Gasteiger partial charge is 0.492 e. The van der Waals surface area contributed by atoms with Crippen LogP contribution < -0.4 is 4.74 Å². The lowest BCUT2D eigenvalue weighted by molar-refractivity contribution is 0.0765. The van der Waals surface area contributed by atoms with Crippen LogP contribution in [0.1, 0.15) is 36.2 Å². The van der Waals surface area contributed by atoms with E-state index in [0.717, 1.165) is 11.3 Å². The van der Waals surface area contributed by atoms with Crippen LogP contribution in [0.2, 0.25) is 0 Å². The molecule has 1 aromatic rings. The monoisotopic (exact) mass is 261 g/mol. The van der Waals surface area contributed by atoms with Crippen molar-refractivity contribution in [3.05, 3.63) is 29.3 Å². The van der Waals surface area contributed by atoms with E-state index in [1.165, 1.54) is 0 Å². The summed E-state index contributed by atoms with van der Waals surface area (Å²) >= 11 is 0. The number of β-amino-alcohol motifs (C(OH)–C–C–N with tert-alkyl or cyclic N) is 1. The van der Waals surface area contributed by atoms with Gasteiger partial charge in [-0.05, 0) is 24.6 Å². The minimum absolute atomic E-state index is 0.00190. The van der Waals surface area contributed by atoms with E-state index in [-0.39, 0.29) is 17.4 Å². The second-order valence-electron chi connectivity index (χ2n) is 6.08. The maximum Gasteiger partial charge on any atom is 0.253 e. The van der Waals surface area contributed by atoms with Crippen molar-refractivity contribution in [2.75, 3.05) is 19.7 Å². The molecule has 0 aromatic heterocycles. The highest BCUT2D eigenvalue weighted by Crippen LogP contribution is 2.38. The second-order valence-corrected chi connectivity index (χ2v) is 6.08. The number of benzene rings is 1. The zero-order valence-electron chi connectivity index (χ0n) is 11.3. The van der Waals surface area contributed by atoms with E-state index in [9.17, 15) is 9.90 Å². The SMILES string of the molecule is CC1(C)COc2ccc(C(=O)N3CC[C@@H](O)C3)cc21. The third-order valence-corrected chi connectivity index (χ3v) is 3.99. The molecule has 1 fully saturated rings. The Hall–Kier alpha value is -1.55. The number of fused-ring (bicyclic) bond motifs is 1. The molecule has 102 valence electrons. The van der Waals surface area contributed by atoms with Crippen molar-refractivity contribution in [2.24, 2.45) is 0 Å². The number of carbonyl (C=O) groups is 1. The molecule has 1 atom stereocenters. The van der Waals surface area contributed by atoms with Gasteiger partial charge in [-0.1, -0.05) is 13.8 Å². The number of carbonyl (C=O) groups excluding carboxylic acids is 1. The van der Waals surface area contributed by atoms with E-state index in [1.807, 2.05) is 18.2 Å². The average molecular weight is 261 g/mol. The maximum atomic E-state index is 12.4. The Morgan fingerprint density at radius 2 is 2.26 bits per heavy atom. The summed E-state index contributed by atoms with van der Waals surface area (Å²) in [5, 5.41) is 9.52. The summed E-state index contributed by atoms with van der Waals surface area (Å²) in [5.74, 6) is 0.880. The van der Waals surface area contributed by atoms with Gasteiger partial charge in [0.15, 0.2) is 0 Å². The Morgan fingerprint density at radius 3 is 2.95 bits per heavy atom. The zero-order chi connectivity index (χ0) is 13.6. The van der Waals surface area contributed by atoms with Gasteiger partial charge < -0.3 is 14.7 Å².